The molecule has 136 valence electrons. The average Bonchev–Trinajstić information content (AvgIpc) is 3.18. The average molecular weight is 381 g/mol. The van der Waals surface area contributed by atoms with Crippen LogP contribution in [0.1, 0.15) is 0 Å². The number of halogens is 1. The minimum Gasteiger partial charge on any atom is -0.493 e. The standard InChI is InChI=1S/C20H17ClN4O2/c1-26-17-8-3-13(11-18(17)27-2)16-12-19-22-9-10-25(19)20(24-16)23-15-6-4-14(21)5-7-15/h3-12H,1-2H3,(H,23,24). The van der Waals surface area contributed by atoms with Crippen molar-refractivity contribution >= 4 is 28.9 Å². The topological polar surface area (TPSA) is 60.7 Å². The number of nitrogens with one attached hydrogen (secondary N) is 1. The van der Waals surface area contributed by atoms with Crippen LogP contribution in [0.15, 0.2) is 60.9 Å². The van der Waals surface area contributed by atoms with Gasteiger partial charge < -0.3 is 14.8 Å². The third-order valence-electron chi connectivity index (χ3n) is 4.17. The molecule has 0 atom stereocenters. The molecule has 2 aromatic heterocycles. The Labute approximate surface area is 161 Å². The lowest BCUT2D eigenvalue weighted by molar-refractivity contribution is 0.355. The van der Waals surface area contributed by atoms with Gasteiger partial charge >= 0.3 is 0 Å². The van der Waals surface area contributed by atoms with Gasteiger partial charge in [0.15, 0.2) is 11.5 Å². The molecule has 0 bridgehead atoms. The van der Waals surface area contributed by atoms with E-state index in [0.29, 0.717) is 22.5 Å². The minimum atomic E-state index is 0.646. The monoisotopic (exact) mass is 380 g/mol. The van der Waals surface area contributed by atoms with Crippen LogP contribution in [0.25, 0.3) is 16.9 Å². The molecule has 0 aliphatic rings. The fraction of sp³-hybridized carbons (Fsp3) is 0.100. The molecule has 2 heterocycles. The van der Waals surface area contributed by atoms with Gasteiger partial charge in [0.05, 0.1) is 19.9 Å². The summed E-state index contributed by atoms with van der Waals surface area (Å²) in [5.41, 5.74) is 3.33. The first kappa shape index (κ1) is 17.2. The van der Waals surface area contributed by atoms with Crippen LogP contribution >= 0.6 is 11.6 Å². The van der Waals surface area contributed by atoms with Crippen LogP contribution in [-0.2, 0) is 0 Å². The summed E-state index contributed by atoms with van der Waals surface area (Å²) in [5.74, 6) is 1.96. The van der Waals surface area contributed by atoms with E-state index in [2.05, 4.69) is 10.3 Å². The highest BCUT2D eigenvalue weighted by Crippen LogP contribution is 2.32. The maximum Gasteiger partial charge on any atom is 0.213 e. The molecular formula is C20H17ClN4O2. The van der Waals surface area contributed by atoms with Crippen LogP contribution in [0, 0.1) is 0 Å². The van der Waals surface area contributed by atoms with Gasteiger partial charge in [0.2, 0.25) is 5.95 Å². The van der Waals surface area contributed by atoms with Gasteiger partial charge in [-0.25, -0.2) is 9.97 Å². The van der Waals surface area contributed by atoms with E-state index in [1.165, 1.54) is 0 Å². The van der Waals surface area contributed by atoms with Crippen molar-refractivity contribution in [1.29, 1.82) is 0 Å². The lowest BCUT2D eigenvalue weighted by Gasteiger charge is -2.12. The van der Waals surface area contributed by atoms with Crippen molar-refractivity contribution in [3.05, 3.63) is 65.9 Å². The molecule has 2 aromatic carbocycles. The minimum absolute atomic E-state index is 0.646. The molecule has 0 amide bonds. The summed E-state index contributed by atoms with van der Waals surface area (Å²) in [6.07, 6.45) is 3.60. The highest BCUT2D eigenvalue weighted by Gasteiger charge is 2.11. The molecule has 6 nitrogen and oxygen atoms in total. The van der Waals surface area contributed by atoms with E-state index < -0.39 is 0 Å². The third-order valence-corrected chi connectivity index (χ3v) is 4.42. The van der Waals surface area contributed by atoms with Gasteiger partial charge in [-0.3, -0.25) is 4.40 Å². The van der Waals surface area contributed by atoms with Crippen LogP contribution in [0.5, 0.6) is 11.5 Å². The number of anilines is 2. The molecule has 0 unspecified atom stereocenters. The molecule has 4 rings (SSSR count). The van der Waals surface area contributed by atoms with E-state index in [9.17, 15) is 0 Å². The SMILES string of the molecule is COc1ccc(-c2cc3nccn3c(Nc3ccc(Cl)cc3)n2)cc1OC. The van der Waals surface area contributed by atoms with Gasteiger partial charge in [-0.1, -0.05) is 11.6 Å². The van der Waals surface area contributed by atoms with Gasteiger partial charge in [-0.05, 0) is 42.5 Å². The molecule has 4 aromatic rings. The predicted molar refractivity (Wildman–Crippen MR) is 106 cm³/mol. The van der Waals surface area contributed by atoms with Gasteiger partial charge in [-0.15, -0.1) is 0 Å². The zero-order chi connectivity index (χ0) is 18.8. The van der Waals surface area contributed by atoms with E-state index in [-0.39, 0.29) is 0 Å². The Kier molecular flexibility index (Phi) is 4.56. The first-order valence-electron chi connectivity index (χ1n) is 8.27. The second-order valence-corrected chi connectivity index (χ2v) is 6.26. The zero-order valence-corrected chi connectivity index (χ0v) is 15.6. The first-order valence-corrected chi connectivity index (χ1v) is 8.65. The smallest absolute Gasteiger partial charge is 0.213 e. The maximum absolute atomic E-state index is 5.97. The lowest BCUT2D eigenvalue weighted by atomic mass is 10.1. The van der Waals surface area contributed by atoms with Crippen LogP contribution in [0.4, 0.5) is 11.6 Å². The van der Waals surface area contributed by atoms with E-state index in [0.717, 1.165) is 22.6 Å². The summed E-state index contributed by atoms with van der Waals surface area (Å²) in [6, 6.07) is 15.1. The zero-order valence-electron chi connectivity index (χ0n) is 14.8. The fourth-order valence-corrected chi connectivity index (χ4v) is 2.94. The van der Waals surface area contributed by atoms with Crippen LogP contribution < -0.4 is 14.8 Å². The van der Waals surface area contributed by atoms with Crippen molar-refractivity contribution in [2.24, 2.45) is 0 Å². The van der Waals surface area contributed by atoms with E-state index >= 15 is 0 Å². The fourth-order valence-electron chi connectivity index (χ4n) is 2.82. The number of imidazole rings is 1. The van der Waals surface area contributed by atoms with E-state index in [1.54, 1.807) is 20.4 Å². The number of fused-ring (bicyclic) bond motifs is 1. The lowest BCUT2D eigenvalue weighted by Crippen LogP contribution is -2.02. The highest BCUT2D eigenvalue weighted by atomic mass is 35.5. The Morgan fingerprint density at radius 1 is 0.963 bits per heavy atom. The summed E-state index contributed by atoms with van der Waals surface area (Å²) in [6.45, 7) is 0. The molecule has 0 saturated carbocycles. The van der Waals surface area contributed by atoms with Crippen molar-refractivity contribution < 1.29 is 9.47 Å². The molecule has 1 N–H and O–H groups in total. The summed E-state index contributed by atoms with van der Waals surface area (Å²) < 4.78 is 12.6. The number of hydrogen-bond donors (Lipinski definition) is 1. The number of rotatable bonds is 5. The van der Waals surface area contributed by atoms with Crippen molar-refractivity contribution in [2.75, 3.05) is 19.5 Å². The normalized spacial score (nSPS) is 10.8. The molecular weight excluding hydrogens is 364 g/mol. The molecule has 27 heavy (non-hydrogen) atoms. The molecule has 0 radical (unpaired) electrons. The van der Waals surface area contributed by atoms with Gasteiger partial charge in [0.1, 0.15) is 5.65 Å². The van der Waals surface area contributed by atoms with Gasteiger partial charge in [-0.2, -0.15) is 0 Å². The number of benzene rings is 2. The van der Waals surface area contributed by atoms with Gasteiger partial charge in [0, 0.05) is 34.7 Å². The summed E-state index contributed by atoms with van der Waals surface area (Å²) in [4.78, 5) is 9.18. The van der Waals surface area contributed by atoms with Crippen LogP contribution in [0.3, 0.4) is 0 Å². The van der Waals surface area contributed by atoms with Crippen molar-refractivity contribution in [1.82, 2.24) is 14.4 Å². The third kappa shape index (κ3) is 3.39. The van der Waals surface area contributed by atoms with Gasteiger partial charge in [0.25, 0.3) is 0 Å². The largest absolute Gasteiger partial charge is 0.493 e. The van der Waals surface area contributed by atoms with Crippen LogP contribution in [0.2, 0.25) is 5.02 Å². The molecule has 7 heteroatoms. The first-order chi connectivity index (χ1) is 13.2. The maximum atomic E-state index is 5.97. The Balaban J connectivity index is 1.79. The predicted octanol–water partition coefficient (Wildman–Crippen LogP) is 4.81. The number of aromatic nitrogens is 3. The number of nitrogens with zero attached hydrogens (tertiary/aromatic N) is 3. The highest BCUT2D eigenvalue weighted by molar-refractivity contribution is 6.30. The number of methoxy groups -OCH3 is 2. The summed E-state index contributed by atoms with van der Waals surface area (Å²) in [5, 5.41) is 4.00. The molecule has 0 aliphatic heterocycles. The molecule has 0 saturated heterocycles. The van der Waals surface area contributed by atoms with E-state index in [4.69, 9.17) is 26.1 Å². The van der Waals surface area contributed by atoms with Crippen molar-refractivity contribution in [3.63, 3.8) is 0 Å². The second kappa shape index (κ2) is 7.17. The Morgan fingerprint density at radius 2 is 1.74 bits per heavy atom. The Bertz CT molecular complexity index is 1090. The molecule has 0 fully saturated rings. The summed E-state index contributed by atoms with van der Waals surface area (Å²) >= 11 is 5.97. The molecule has 0 spiro atoms. The van der Waals surface area contributed by atoms with Crippen molar-refractivity contribution in [3.8, 4) is 22.8 Å². The van der Waals surface area contributed by atoms with Crippen molar-refractivity contribution in [2.45, 2.75) is 0 Å². The van der Waals surface area contributed by atoms with Crippen LogP contribution in [-0.4, -0.2) is 28.6 Å². The van der Waals surface area contributed by atoms with E-state index in [1.807, 2.05) is 59.1 Å². The number of hydrogen-bond acceptors (Lipinski definition) is 5. The Hall–Kier alpha value is -3.25. The molecule has 0 aliphatic carbocycles. The second-order valence-electron chi connectivity index (χ2n) is 5.82. The quantitative estimate of drug-likeness (QED) is 0.538. The summed E-state index contributed by atoms with van der Waals surface area (Å²) in [7, 11) is 3.22. The Morgan fingerprint density at radius 3 is 2.48 bits per heavy atom. The number of ether oxygens (including phenoxy) is 2.